The lowest BCUT2D eigenvalue weighted by Gasteiger charge is -2.44. The number of hydrogen-bond donors (Lipinski definition) is 1. The highest BCUT2D eigenvalue weighted by atomic mass is 16.5. The van der Waals surface area contributed by atoms with Gasteiger partial charge in [-0.1, -0.05) is 17.7 Å². The van der Waals surface area contributed by atoms with E-state index in [2.05, 4.69) is 0 Å². The third-order valence-electron chi connectivity index (χ3n) is 8.55. The minimum absolute atomic E-state index is 0.0524. The normalized spacial score (nSPS) is 31.8. The van der Waals surface area contributed by atoms with Gasteiger partial charge >= 0.3 is 0 Å². The molecule has 8 nitrogen and oxygen atoms in total. The van der Waals surface area contributed by atoms with Gasteiger partial charge in [0.25, 0.3) is 0 Å². The first kappa shape index (κ1) is 25.5. The molecular formula is C29H36N2O6. The van der Waals surface area contributed by atoms with Crippen molar-refractivity contribution < 1.29 is 29.0 Å². The molecule has 4 amide bonds. The van der Waals surface area contributed by atoms with E-state index in [1.807, 2.05) is 53.7 Å². The van der Waals surface area contributed by atoms with Gasteiger partial charge in [-0.3, -0.25) is 29.0 Å². The molecule has 6 atom stereocenters. The van der Waals surface area contributed by atoms with Crippen LogP contribution in [0.3, 0.4) is 0 Å². The van der Waals surface area contributed by atoms with Crippen LogP contribution in [0.25, 0.3) is 0 Å². The number of likely N-dealkylation sites (tertiary alicyclic amines) is 2. The second kappa shape index (κ2) is 8.17. The first-order chi connectivity index (χ1) is 17.2. The first-order valence-corrected chi connectivity index (χ1v) is 13.0. The molecule has 0 spiro atoms. The van der Waals surface area contributed by atoms with Crippen molar-refractivity contribution in [1.82, 2.24) is 9.80 Å². The van der Waals surface area contributed by atoms with Crippen LogP contribution in [0.5, 0.6) is 11.5 Å². The Balaban J connectivity index is 1.66. The zero-order valence-corrected chi connectivity index (χ0v) is 22.6. The summed E-state index contributed by atoms with van der Waals surface area (Å²) in [5.41, 5.74) is 0.277. The predicted molar refractivity (Wildman–Crippen MR) is 135 cm³/mol. The first-order valence-electron chi connectivity index (χ1n) is 13.0. The van der Waals surface area contributed by atoms with Gasteiger partial charge in [0, 0.05) is 17.0 Å². The SMILES string of the molecule is COc1ccc([C@H]2C3=CC[C@@H]4C(=O)N(C(C)(C)C)C(=O)[C@@H]4[C@@H]3C[C@H]3C(=O)N(C(C)(C)C)C(=O)[C@@H]23)cc1O. The average Bonchev–Trinajstić information content (AvgIpc) is 3.21. The molecule has 3 fully saturated rings. The Morgan fingerprint density at radius 2 is 1.38 bits per heavy atom. The van der Waals surface area contributed by atoms with Gasteiger partial charge in [0.1, 0.15) is 0 Å². The zero-order chi connectivity index (χ0) is 27.2. The molecule has 37 heavy (non-hydrogen) atoms. The molecule has 0 aromatic heterocycles. The number of phenols is 1. The number of carbonyl (C=O) groups excluding carboxylic acids is 4. The zero-order valence-electron chi connectivity index (χ0n) is 22.6. The Morgan fingerprint density at radius 3 is 1.92 bits per heavy atom. The van der Waals surface area contributed by atoms with Crippen LogP contribution in [0.2, 0.25) is 0 Å². The quantitative estimate of drug-likeness (QED) is 0.483. The maximum Gasteiger partial charge on any atom is 0.234 e. The summed E-state index contributed by atoms with van der Waals surface area (Å²) >= 11 is 0. The molecule has 0 radical (unpaired) electrons. The summed E-state index contributed by atoms with van der Waals surface area (Å²) in [7, 11) is 1.47. The maximum atomic E-state index is 13.9. The minimum atomic E-state index is -0.692. The van der Waals surface area contributed by atoms with Gasteiger partial charge in [0.15, 0.2) is 11.5 Å². The van der Waals surface area contributed by atoms with E-state index in [1.54, 1.807) is 12.1 Å². The number of rotatable bonds is 2. The topological polar surface area (TPSA) is 104 Å². The van der Waals surface area contributed by atoms with Gasteiger partial charge in [0.05, 0.1) is 30.8 Å². The van der Waals surface area contributed by atoms with Crippen LogP contribution in [0.1, 0.15) is 65.9 Å². The number of imide groups is 2. The number of fused-ring (bicyclic) bond motifs is 4. The molecule has 198 valence electrons. The number of aromatic hydroxyl groups is 1. The summed E-state index contributed by atoms with van der Waals surface area (Å²) in [6.07, 6.45) is 2.78. The summed E-state index contributed by atoms with van der Waals surface area (Å²) in [5, 5.41) is 10.6. The van der Waals surface area contributed by atoms with Crippen molar-refractivity contribution in [2.24, 2.45) is 29.6 Å². The Kier molecular flexibility index (Phi) is 5.63. The molecule has 0 bridgehead atoms. The smallest absolute Gasteiger partial charge is 0.234 e. The van der Waals surface area contributed by atoms with E-state index >= 15 is 0 Å². The maximum absolute atomic E-state index is 13.9. The number of ether oxygens (including phenoxy) is 1. The summed E-state index contributed by atoms with van der Waals surface area (Å²) in [6.45, 7) is 11.1. The van der Waals surface area contributed by atoms with Crippen LogP contribution in [0, 0.1) is 29.6 Å². The highest BCUT2D eigenvalue weighted by Gasteiger charge is 2.63. The lowest BCUT2D eigenvalue weighted by Crippen LogP contribution is -2.47. The Morgan fingerprint density at radius 1 is 0.811 bits per heavy atom. The van der Waals surface area contributed by atoms with Gasteiger partial charge in [-0.15, -0.1) is 0 Å². The average molecular weight is 509 g/mol. The number of phenolic OH excluding ortho intramolecular Hbond substituents is 1. The lowest BCUT2D eigenvalue weighted by molar-refractivity contribution is -0.147. The highest BCUT2D eigenvalue weighted by molar-refractivity contribution is 6.08. The molecule has 2 saturated heterocycles. The molecule has 2 aliphatic heterocycles. The number of amides is 4. The number of allylic oxidation sites excluding steroid dienone is 2. The van der Waals surface area contributed by atoms with Crippen LogP contribution < -0.4 is 4.74 Å². The molecule has 8 heteroatoms. The van der Waals surface area contributed by atoms with Gasteiger partial charge in [0.2, 0.25) is 23.6 Å². The standard InChI is InChI=1S/C29H36N2O6/c1-28(2,3)30-24(33)16-10-9-15-17(22(16)26(30)35)13-18-23(27(36)31(25(18)34)29(4,5)6)21(15)14-8-11-20(37-7)19(32)12-14/h8-9,11-12,16-18,21-23,32H,10,13H2,1-7H3/t16-,17+,18+,21-,22-,23+/m0/s1. The number of hydrogen-bond acceptors (Lipinski definition) is 6. The molecular weight excluding hydrogens is 472 g/mol. The van der Waals surface area contributed by atoms with Crippen molar-refractivity contribution in [3.63, 3.8) is 0 Å². The second-order valence-corrected chi connectivity index (χ2v) is 12.8. The van der Waals surface area contributed by atoms with Crippen molar-refractivity contribution in [2.45, 2.75) is 71.4 Å². The number of nitrogens with zero attached hydrogens (tertiary/aromatic N) is 2. The lowest BCUT2D eigenvalue weighted by atomic mass is 9.57. The van der Waals surface area contributed by atoms with Crippen LogP contribution in [-0.2, 0) is 19.2 Å². The fourth-order valence-corrected chi connectivity index (χ4v) is 7.19. The van der Waals surface area contributed by atoms with Crippen LogP contribution >= 0.6 is 0 Å². The summed E-state index contributed by atoms with van der Waals surface area (Å²) in [6, 6.07) is 5.07. The van der Waals surface area contributed by atoms with Gasteiger partial charge in [-0.05, 0) is 78.0 Å². The van der Waals surface area contributed by atoms with E-state index < -0.39 is 40.7 Å². The number of carbonyl (C=O) groups is 4. The van der Waals surface area contributed by atoms with Crippen molar-refractivity contribution >= 4 is 23.6 Å². The Labute approximate surface area is 217 Å². The highest BCUT2D eigenvalue weighted by Crippen LogP contribution is 2.59. The van der Waals surface area contributed by atoms with Gasteiger partial charge in [-0.2, -0.15) is 0 Å². The number of methoxy groups -OCH3 is 1. The molecule has 0 unspecified atom stereocenters. The van der Waals surface area contributed by atoms with Crippen molar-refractivity contribution in [3.8, 4) is 11.5 Å². The molecule has 1 aromatic carbocycles. The summed E-state index contributed by atoms with van der Waals surface area (Å²) in [5.74, 6) is -3.64. The monoisotopic (exact) mass is 508 g/mol. The van der Waals surface area contributed by atoms with Crippen molar-refractivity contribution in [1.29, 1.82) is 0 Å². The van der Waals surface area contributed by atoms with Crippen molar-refractivity contribution in [3.05, 3.63) is 35.4 Å². The van der Waals surface area contributed by atoms with Gasteiger partial charge < -0.3 is 9.84 Å². The third-order valence-corrected chi connectivity index (χ3v) is 8.55. The molecule has 1 saturated carbocycles. The fraction of sp³-hybridized carbons (Fsp3) is 0.586. The number of benzene rings is 1. The minimum Gasteiger partial charge on any atom is -0.504 e. The van der Waals surface area contributed by atoms with E-state index in [1.165, 1.54) is 16.9 Å². The second-order valence-electron chi connectivity index (χ2n) is 12.8. The van der Waals surface area contributed by atoms with Crippen LogP contribution in [0.15, 0.2) is 29.8 Å². The predicted octanol–water partition coefficient (Wildman–Crippen LogP) is 3.63. The van der Waals surface area contributed by atoms with Crippen molar-refractivity contribution in [2.75, 3.05) is 7.11 Å². The fourth-order valence-electron chi connectivity index (χ4n) is 7.19. The third kappa shape index (κ3) is 3.62. The molecule has 2 aliphatic carbocycles. The van der Waals surface area contributed by atoms with E-state index in [9.17, 15) is 24.3 Å². The summed E-state index contributed by atoms with van der Waals surface area (Å²) in [4.78, 5) is 57.5. The molecule has 4 aliphatic rings. The Bertz CT molecular complexity index is 1240. The molecule has 1 aromatic rings. The summed E-state index contributed by atoms with van der Waals surface area (Å²) < 4.78 is 5.23. The molecule has 5 rings (SSSR count). The van der Waals surface area contributed by atoms with E-state index in [0.29, 0.717) is 24.2 Å². The van der Waals surface area contributed by atoms with E-state index in [-0.39, 0.29) is 35.3 Å². The van der Waals surface area contributed by atoms with E-state index in [4.69, 9.17) is 4.74 Å². The van der Waals surface area contributed by atoms with E-state index in [0.717, 1.165) is 5.57 Å². The Hall–Kier alpha value is -3.16. The van der Waals surface area contributed by atoms with Crippen LogP contribution in [-0.4, -0.2) is 56.7 Å². The largest absolute Gasteiger partial charge is 0.504 e. The molecule has 1 N–H and O–H groups in total. The van der Waals surface area contributed by atoms with Gasteiger partial charge in [-0.25, -0.2) is 0 Å². The van der Waals surface area contributed by atoms with Crippen LogP contribution in [0.4, 0.5) is 0 Å². The molecule has 2 heterocycles.